The van der Waals surface area contributed by atoms with E-state index in [2.05, 4.69) is 41.2 Å². The molecule has 0 amide bonds. The number of aromatic nitrogens is 6. The maximum absolute atomic E-state index is 12.9. The van der Waals surface area contributed by atoms with Crippen LogP contribution in [0.1, 0.15) is 91.2 Å². The van der Waals surface area contributed by atoms with E-state index in [4.69, 9.17) is 18.6 Å². The molecule has 1 N–H and O–H groups in total. The van der Waals surface area contributed by atoms with Crippen LogP contribution < -0.4 is 10.9 Å². The highest BCUT2D eigenvalue weighted by Gasteiger charge is 2.53. The fourth-order valence-electron chi connectivity index (χ4n) is 4.44. The Kier molecular flexibility index (Phi) is 11.2. The topological polar surface area (TPSA) is 109 Å². The van der Waals surface area contributed by atoms with E-state index in [0.29, 0.717) is 0 Å². The zero-order valence-electron chi connectivity index (χ0n) is 28.6. The Morgan fingerprint density at radius 3 is 1.57 bits per heavy atom. The summed E-state index contributed by atoms with van der Waals surface area (Å²) in [6, 6.07) is 6.07. The highest BCUT2D eigenvalue weighted by Crippen LogP contribution is 2.37. The predicted octanol–water partition coefficient (Wildman–Crippen LogP) is 5.71. The van der Waals surface area contributed by atoms with E-state index in [1.807, 2.05) is 75.4 Å². The van der Waals surface area contributed by atoms with Crippen LogP contribution in [-0.2, 0) is 18.6 Å². The van der Waals surface area contributed by atoms with Gasteiger partial charge in [-0.3, -0.25) is 9.78 Å². The molecular formula is C32H43B2BrF2N6O4. The summed E-state index contributed by atoms with van der Waals surface area (Å²) in [5.41, 5.74) is 2.34. The van der Waals surface area contributed by atoms with E-state index < -0.39 is 19.0 Å². The first-order valence-electron chi connectivity index (χ1n) is 15.4. The third-order valence-corrected chi connectivity index (χ3v) is 9.56. The lowest BCUT2D eigenvalue weighted by atomic mass is 9.82. The second kappa shape index (κ2) is 14.3. The summed E-state index contributed by atoms with van der Waals surface area (Å²) in [5, 5.41) is 11.0. The van der Waals surface area contributed by atoms with Crippen LogP contribution in [0.3, 0.4) is 0 Å². The molecule has 4 aromatic rings. The number of alkyl halides is 1. The summed E-state index contributed by atoms with van der Waals surface area (Å²) in [6.45, 7) is 20.2. The molecule has 2 aliphatic heterocycles. The van der Waals surface area contributed by atoms with Crippen molar-refractivity contribution in [2.45, 2.75) is 103 Å². The molecule has 0 saturated carbocycles. The minimum Gasteiger partial charge on any atom is -0.399 e. The Hall–Kier alpha value is -2.97. The number of H-pyrrole nitrogens is 1. The van der Waals surface area contributed by atoms with E-state index in [0.717, 1.165) is 22.1 Å². The van der Waals surface area contributed by atoms with Crippen LogP contribution in [0.5, 0.6) is 0 Å². The molecule has 6 rings (SSSR count). The van der Waals surface area contributed by atoms with Crippen LogP contribution in [0.4, 0.5) is 8.78 Å². The van der Waals surface area contributed by atoms with Crippen LogP contribution in [0.25, 0.3) is 0 Å². The fourth-order valence-corrected chi connectivity index (χ4v) is 4.71. The standard InChI is InChI=1S/C16H21BFN3O2.C9H15BN2O2.C7H7BrFN/c1-11(12-6-7-14(18)19-8-12)21-10-13(9-20-21)17-22-15(2,3)16(4,5)23-17;1-8(2)9(3,4)14-10(13-8)7-5-11-12-6-7;1-5(8)6-2-3-7(9)10-4-6/h6-11H,1-5H3;5-6H,1-4H3,(H,11,12);2-5H,1H3. The smallest absolute Gasteiger partial charge is 0.399 e. The number of hydrogen-bond acceptors (Lipinski definition) is 8. The average Bonchev–Trinajstić information content (AvgIpc) is 3.77. The van der Waals surface area contributed by atoms with Gasteiger partial charge in [0.05, 0.1) is 28.4 Å². The minimum absolute atomic E-state index is 0.0562. The molecule has 4 aromatic heterocycles. The second-order valence-electron chi connectivity index (χ2n) is 13.6. The number of halogens is 3. The number of nitrogens with one attached hydrogen (secondary N) is 1. The first-order chi connectivity index (χ1) is 21.8. The van der Waals surface area contributed by atoms with Crippen LogP contribution in [0.2, 0.25) is 0 Å². The molecule has 0 aliphatic carbocycles. The zero-order valence-corrected chi connectivity index (χ0v) is 30.2. The van der Waals surface area contributed by atoms with Crippen LogP contribution in [0.15, 0.2) is 61.4 Å². The van der Waals surface area contributed by atoms with Crippen molar-refractivity contribution >= 4 is 41.1 Å². The molecule has 6 heterocycles. The van der Waals surface area contributed by atoms with Crippen molar-refractivity contribution in [3.63, 3.8) is 0 Å². The number of rotatable bonds is 5. The molecule has 10 nitrogen and oxygen atoms in total. The first-order valence-corrected chi connectivity index (χ1v) is 16.3. The molecule has 2 atom stereocenters. The normalized spacial score (nSPS) is 20.1. The SMILES string of the molecule is CC(Br)c1ccc(F)nc1.CC(c1ccc(F)nc1)n1cc(B2OC(C)(C)C(C)(C)O2)cn1.CC1(C)OB(c2cn[nH]c2)OC1(C)C. The number of pyridine rings is 2. The molecule has 0 spiro atoms. The highest BCUT2D eigenvalue weighted by atomic mass is 79.9. The van der Waals surface area contributed by atoms with Gasteiger partial charge in [-0.1, -0.05) is 28.1 Å². The van der Waals surface area contributed by atoms with Gasteiger partial charge in [-0.2, -0.15) is 19.0 Å². The van der Waals surface area contributed by atoms with Crippen LogP contribution in [-0.4, -0.2) is 66.6 Å². The summed E-state index contributed by atoms with van der Waals surface area (Å²) in [5.74, 6) is -0.920. The van der Waals surface area contributed by atoms with Crippen LogP contribution >= 0.6 is 15.9 Å². The number of aromatic amines is 1. The second-order valence-corrected chi connectivity index (χ2v) is 15.0. The van der Waals surface area contributed by atoms with Gasteiger partial charge >= 0.3 is 14.2 Å². The van der Waals surface area contributed by atoms with Crippen molar-refractivity contribution < 1.29 is 27.4 Å². The Balaban J connectivity index is 0.000000177. The molecule has 15 heteroatoms. The molecule has 252 valence electrons. The summed E-state index contributed by atoms with van der Waals surface area (Å²) in [7, 11) is -0.744. The Bertz CT molecular complexity index is 1550. The van der Waals surface area contributed by atoms with Crippen molar-refractivity contribution in [2.75, 3.05) is 0 Å². The van der Waals surface area contributed by atoms with Gasteiger partial charge in [0.25, 0.3) is 0 Å². The summed E-state index contributed by atoms with van der Waals surface area (Å²) < 4.78 is 50.7. The molecular weight excluding hydrogens is 672 g/mol. The van der Waals surface area contributed by atoms with Gasteiger partial charge < -0.3 is 18.6 Å². The third kappa shape index (κ3) is 8.74. The van der Waals surface area contributed by atoms with Crippen molar-refractivity contribution in [2.24, 2.45) is 0 Å². The molecule has 0 bridgehead atoms. The van der Waals surface area contributed by atoms with E-state index in [-0.39, 0.29) is 40.4 Å². The molecule has 47 heavy (non-hydrogen) atoms. The molecule has 2 unspecified atom stereocenters. The fraction of sp³-hybridized carbons (Fsp3) is 0.500. The van der Waals surface area contributed by atoms with Gasteiger partial charge in [0.2, 0.25) is 11.9 Å². The lowest BCUT2D eigenvalue weighted by Gasteiger charge is -2.32. The van der Waals surface area contributed by atoms with E-state index >= 15 is 0 Å². The summed E-state index contributed by atoms with van der Waals surface area (Å²) in [6.07, 6.45) is 10.2. The Labute approximate surface area is 284 Å². The van der Waals surface area contributed by atoms with E-state index in [1.165, 1.54) is 24.5 Å². The largest absolute Gasteiger partial charge is 0.498 e. The zero-order chi connectivity index (χ0) is 34.8. The summed E-state index contributed by atoms with van der Waals surface area (Å²) in [4.78, 5) is 7.43. The van der Waals surface area contributed by atoms with E-state index in [9.17, 15) is 8.78 Å². The van der Waals surface area contributed by atoms with Gasteiger partial charge in [-0.25, -0.2) is 9.97 Å². The minimum atomic E-state index is -0.487. The quantitative estimate of drug-likeness (QED) is 0.159. The highest BCUT2D eigenvalue weighted by molar-refractivity contribution is 9.09. The van der Waals surface area contributed by atoms with Crippen molar-refractivity contribution in [3.8, 4) is 0 Å². The number of hydrogen-bond donors (Lipinski definition) is 1. The summed E-state index contributed by atoms with van der Waals surface area (Å²) >= 11 is 3.34. The molecule has 2 fully saturated rings. The van der Waals surface area contributed by atoms with Crippen molar-refractivity contribution in [1.82, 2.24) is 29.9 Å². The molecule has 0 radical (unpaired) electrons. The van der Waals surface area contributed by atoms with Gasteiger partial charge in [-0.15, -0.1) is 0 Å². The van der Waals surface area contributed by atoms with Crippen LogP contribution in [0, 0.1) is 11.9 Å². The van der Waals surface area contributed by atoms with Gasteiger partial charge in [-0.05, 0) is 92.5 Å². The Morgan fingerprint density at radius 2 is 1.17 bits per heavy atom. The monoisotopic (exact) mass is 714 g/mol. The average molecular weight is 715 g/mol. The van der Waals surface area contributed by atoms with E-state index in [1.54, 1.807) is 35.4 Å². The van der Waals surface area contributed by atoms with Gasteiger partial charge in [0.15, 0.2) is 0 Å². The van der Waals surface area contributed by atoms with Gasteiger partial charge in [0, 0.05) is 52.9 Å². The predicted molar refractivity (Wildman–Crippen MR) is 182 cm³/mol. The molecule has 2 saturated heterocycles. The lowest BCUT2D eigenvalue weighted by molar-refractivity contribution is 0.00578. The maximum Gasteiger partial charge on any atom is 0.498 e. The van der Waals surface area contributed by atoms with Crippen molar-refractivity contribution in [1.29, 1.82) is 0 Å². The van der Waals surface area contributed by atoms with Gasteiger partial charge in [0.1, 0.15) is 0 Å². The van der Waals surface area contributed by atoms with Crippen molar-refractivity contribution in [3.05, 3.63) is 84.5 Å². The third-order valence-electron chi connectivity index (χ3n) is 9.03. The first kappa shape index (κ1) is 36.9. The molecule has 0 aromatic carbocycles. The lowest BCUT2D eigenvalue weighted by Crippen LogP contribution is -2.41. The molecule has 2 aliphatic rings. The maximum atomic E-state index is 12.9. The number of nitrogens with zero attached hydrogens (tertiary/aromatic N) is 5. The Morgan fingerprint density at radius 1 is 0.702 bits per heavy atom.